The van der Waals surface area contributed by atoms with Gasteiger partial charge >= 0.3 is 0 Å². The van der Waals surface area contributed by atoms with Crippen molar-refractivity contribution in [3.05, 3.63) is 23.3 Å². The maximum Gasteiger partial charge on any atom is 0.161 e. The van der Waals surface area contributed by atoms with Gasteiger partial charge in [0.15, 0.2) is 11.5 Å². The van der Waals surface area contributed by atoms with Gasteiger partial charge in [-0.05, 0) is 49.9 Å². The minimum absolute atomic E-state index is 0.0473. The Morgan fingerprint density at radius 1 is 1.20 bits per heavy atom. The van der Waals surface area contributed by atoms with Gasteiger partial charge in [-0.15, -0.1) is 0 Å². The van der Waals surface area contributed by atoms with E-state index in [1.54, 1.807) is 14.2 Å². The lowest BCUT2D eigenvalue weighted by Crippen LogP contribution is -2.42. The summed E-state index contributed by atoms with van der Waals surface area (Å²) in [6.45, 7) is 7.27. The monoisotopic (exact) mass is 281 g/mol. The van der Waals surface area contributed by atoms with Crippen molar-refractivity contribution in [1.82, 2.24) is 5.32 Å². The molecule has 0 fully saturated rings. The largest absolute Gasteiger partial charge is 0.493 e. The van der Waals surface area contributed by atoms with Gasteiger partial charge in [0.05, 0.1) is 14.2 Å². The van der Waals surface area contributed by atoms with Crippen LogP contribution >= 0.6 is 0 Å². The first kappa shape index (κ1) is 16.8. The van der Waals surface area contributed by atoms with Crippen molar-refractivity contribution in [3.8, 4) is 11.5 Å². The highest BCUT2D eigenvalue weighted by molar-refractivity contribution is 5.47. The third kappa shape index (κ3) is 4.12. The predicted molar refractivity (Wildman–Crippen MR) is 81.5 cm³/mol. The van der Waals surface area contributed by atoms with Gasteiger partial charge in [0.25, 0.3) is 0 Å². The maximum absolute atomic E-state index is 9.16. The van der Waals surface area contributed by atoms with Crippen molar-refractivity contribution in [2.45, 2.75) is 45.7 Å². The normalized spacial score (nSPS) is 13.9. The Morgan fingerprint density at radius 2 is 1.80 bits per heavy atom. The second-order valence-corrected chi connectivity index (χ2v) is 5.38. The summed E-state index contributed by atoms with van der Waals surface area (Å²) in [6.07, 6.45) is 1.72. The summed E-state index contributed by atoms with van der Waals surface area (Å²) >= 11 is 0. The molecule has 1 rings (SSSR count). The fourth-order valence-electron chi connectivity index (χ4n) is 2.16. The summed E-state index contributed by atoms with van der Waals surface area (Å²) in [4.78, 5) is 0. The number of aliphatic hydroxyl groups is 1. The molecular formula is C16H27NO3. The minimum Gasteiger partial charge on any atom is -0.493 e. The number of aliphatic hydroxyl groups excluding tert-OH is 1. The molecule has 0 spiro atoms. The SMILES string of the molecule is CCC(C)(CCO)NCc1cc(OC)c(OC)cc1C. The first-order valence-electron chi connectivity index (χ1n) is 7.07. The molecule has 1 atom stereocenters. The van der Waals surface area contributed by atoms with Crippen LogP contribution in [0, 0.1) is 6.92 Å². The summed E-state index contributed by atoms with van der Waals surface area (Å²) < 4.78 is 10.6. The summed E-state index contributed by atoms with van der Waals surface area (Å²) in [5, 5.41) is 12.7. The van der Waals surface area contributed by atoms with Crippen LogP contribution in [0.25, 0.3) is 0 Å². The van der Waals surface area contributed by atoms with Crippen LogP contribution in [0.2, 0.25) is 0 Å². The molecule has 1 aromatic carbocycles. The number of nitrogens with one attached hydrogen (secondary N) is 1. The second kappa shape index (κ2) is 7.50. The smallest absolute Gasteiger partial charge is 0.161 e. The summed E-state index contributed by atoms with van der Waals surface area (Å²) in [5.74, 6) is 1.50. The molecule has 114 valence electrons. The number of hydrogen-bond acceptors (Lipinski definition) is 4. The number of benzene rings is 1. The van der Waals surface area contributed by atoms with E-state index in [4.69, 9.17) is 14.6 Å². The lowest BCUT2D eigenvalue weighted by Gasteiger charge is -2.29. The van der Waals surface area contributed by atoms with Gasteiger partial charge in [-0.25, -0.2) is 0 Å². The number of aryl methyl sites for hydroxylation is 1. The standard InChI is InChI=1S/C16H27NO3/c1-6-16(3,7-8-18)17-11-13-10-15(20-5)14(19-4)9-12(13)2/h9-10,17-18H,6-8,11H2,1-5H3. The van der Waals surface area contributed by atoms with Crippen LogP contribution in [0.5, 0.6) is 11.5 Å². The first-order valence-corrected chi connectivity index (χ1v) is 7.07. The highest BCUT2D eigenvalue weighted by Crippen LogP contribution is 2.30. The Labute approximate surface area is 122 Å². The molecule has 20 heavy (non-hydrogen) atoms. The molecule has 0 aliphatic heterocycles. The molecule has 0 heterocycles. The molecule has 4 nitrogen and oxygen atoms in total. The van der Waals surface area contributed by atoms with E-state index in [-0.39, 0.29) is 12.1 Å². The van der Waals surface area contributed by atoms with Crippen molar-refractivity contribution in [3.63, 3.8) is 0 Å². The first-order chi connectivity index (χ1) is 9.49. The molecule has 0 radical (unpaired) electrons. The molecule has 1 aromatic rings. The van der Waals surface area contributed by atoms with Gasteiger partial charge < -0.3 is 19.9 Å². The van der Waals surface area contributed by atoms with Crippen LogP contribution in [-0.2, 0) is 6.54 Å². The molecule has 4 heteroatoms. The van der Waals surface area contributed by atoms with E-state index in [2.05, 4.69) is 26.1 Å². The van der Waals surface area contributed by atoms with Crippen LogP contribution < -0.4 is 14.8 Å². The Kier molecular flexibility index (Phi) is 6.30. The van der Waals surface area contributed by atoms with E-state index in [1.165, 1.54) is 5.56 Å². The molecule has 0 saturated heterocycles. The highest BCUT2D eigenvalue weighted by atomic mass is 16.5. The van der Waals surface area contributed by atoms with Gasteiger partial charge in [-0.1, -0.05) is 6.92 Å². The summed E-state index contributed by atoms with van der Waals surface area (Å²) in [5.41, 5.74) is 2.30. The van der Waals surface area contributed by atoms with E-state index in [0.29, 0.717) is 0 Å². The Bertz CT molecular complexity index is 434. The average Bonchev–Trinajstić information content (AvgIpc) is 2.45. The molecule has 0 bridgehead atoms. The van der Waals surface area contributed by atoms with Gasteiger partial charge in [0.1, 0.15) is 0 Å². The van der Waals surface area contributed by atoms with Crippen LogP contribution in [0.4, 0.5) is 0 Å². The third-order valence-electron chi connectivity index (χ3n) is 3.99. The Balaban J connectivity index is 2.87. The van der Waals surface area contributed by atoms with Crippen molar-refractivity contribution in [2.24, 2.45) is 0 Å². The third-order valence-corrected chi connectivity index (χ3v) is 3.99. The quantitative estimate of drug-likeness (QED) is 0.769. The van der Waals surface area contributed by atoms with E-state index < -0.39 is 0 Å². The average molecular weight is 281 g/mol. The molecular weight excluding hydrogens is 254 g/mol. The predicted octanol–water partition coefficient (Wildman–Crippen LogP) is 2.65. The molecule has 0 aliphatic carbocycles. The zero-order valence-electron chi connectivity index (χ0n) is 13.2. The number of methoxy groups -OCH3 is 2. The topological polar surface area (TPSA) is 50.7 Å². The van der Waals surface area contributed by atoms with Gasteiger partial charge in [-0.3, -0.25) is 0 Å². The van der Waals surface area contributed by atoms with Crippen LogP contribution in [0.1, 0.15) is 37.8 Å². The van der Waals surface area contributed by atoms with Crippen LogP contribution in [0.3, 0.4) is 0 Å². The van der Waals surface area contributed by atoms with Gasteiger partial charge in [0, 0.05) is 18.7 Å². The van der Waals surface area contributed by atoms with Crippen LogP contribution in [0.15, 0.2) is 12.1 Å². The van der Waals surface area contributed by atoms with Crippen molar-refractivity contribution >= 4 is 0 Å². The second-order valence-electron chi connectivity index (χ2n) is 5.38. The van der Waals surface area contributed by atoms with Crippen molar-refractivity contribution in [2.75, 3.05) is 20.8 Å². The fourth-order valence-corrected chi connectivity index (χ4v) is 2.16. The molecule has 2 N–H and O–H groups in total. The van der Waals surface area contributed by atoms with Crippen molar-refractivity contribution in [1.29, 1.82) is 0 Å². The maximum atomic E-state index is 9.16. The molecule has 0 amide bonds. The van der Waals surface area contributed by atoms with Crippen molar-refractivity contribution < 1.29 is 14.6 Å². The molecule has 1 unspecified atom stereocenters. The van der Waals surface area contributed by atoms with E-state index in [9.17, 15) is 0 Å². The molecule has 0 aliphatic rings. The van der Waals surface area contributed by atoms with E-state index in [0.717, 1.165) is 36.4 Å². The van der Waals surface area contributed by atoms with Gasteiger partial charge in [-0.2, -0.15) is 0 Å². The lowest BCUT2D eigenvalue weighted by atomic mass is 9.94. The number of hydrogen-bond donors (Lipinski definition) is 2. The fraction of sp³-hybridized carbons (Fsp3) is 0.625. The zero-order chi connectivity index (χ0) is 15.2. The minimum atomic E-state index is -0.0473. The number of ether oxygens (including phenoxy) is 2. The highest BCUT2D eigenvalue weighted by Gasteiger charge is 2.21. The summed E-state index contributed by atoms with van der Waals surface area (Å²) in [7, 11) is 3.29. The van der Waals surface area contributed by atoms with E-state index in [1.807, 2.05) is 12.1 Å². The zero-order valence-corrected chi connectivity index (χ0v) is 13.2. The Morgan fingerprint density at radius 3 is 2.30 bits per heavy atom. The summed E-state index contributed by atoms with van der Waals surface area (Å²) in [6, 6.07) is 4.00. The van der Waals surface area contributed by atoms with E-state index >= 15 is 0 Å². The molecule has 0 aromatic heterocycles. The number of rotatable bonds is 8. The Hall–Kier alpha value is -1.26. The van der Waals surface area contributed by atoms with Crippen LogP contribution in [-0.4, -0.2) is 31.5 Å². The molecule has 0 saturated carbocycles. The lowest BCUT2D eigenvalue weighted by molar-refractivity contribution is 0.214. The van der Waals surface area contributed by atoms with Gasteiger partial charge in [0.2, 0.25) is 0 Å².